The van der Waals surface area contributed by atoms with E-state index in [0.717, 1.165) is 20.4 Å². The third kappa shape index (κ3) is 4.92. The number of Topliss-reactive ketones (excluding diaryl/α,β-unsaturated/α-hetero) is 1. The molecule has 126 valence electrons. The van der Waals surface area contributed by atoms with E-state index in [4.69, 9.17) is 4.74 Å². The molecule has 0 saturated carbocycles. The number of alkyl halides is 1. The molecule has 0 heterocycles. The Morgan fingerprint density at radius 1 is 0.960 bits per heavy atom. The average Bonchev–Trinajstić information content (AvgIpc) is 2.67. The molecule has 0 aliphatic rings. The summed E-state index contributed by atoms with van der Waals surface area (Å²) < 4.78 is 6.96. The molecule has 4 heteroatoms. The van der Waals surface area contributed by atoms with Crippen LogP contribution in [0.25, 0.3) is 0 Å². The predicted molar refractivity (Wildman–Crippen MR) is 112 cm³/mol. The highest BCUT2D eigenvalue weighted by molar-refractivity contribution is 14.1. The first kappa shape index (κ1) is 18.1. The van der Waals surface area contributed by atoms with Crippen molar-refractivity contribution in [1.82, 2.24) is 0 Å². The highest BCUT2D eigenvalue weighted by Crippen LogP contribution is 2.30. The van der Waals surface area contributed by atoms with Crippen LogP contribution in [0.3, 0.4) is 0 Å². The summed E-state index contributed by atoms with van der Waals surface area (Å²) in [6.07, 6.45) is 0. The fourth-order valence-corrected chi connectivity index (χ4v) is 3.32. The molecule has 3 rings (SSSR count). The number of ketones is 1. The van der Waals surface area contributed by atoms with E-state index in [2.05, 4.69) is 38.5 Å². The summed E-state index contributed by atoms with van der Waals surface area (Å²) in [4.78, 5) is 12.3. The van der Waals surface area contributed by atoms with Crippen molar-refractivity contribution in [1.29, 1.82) is 0 Å². The summed E-state index contributed by atoms with van der Waals surface area (Å²) in [5.74, 6) is 0.790. The monoisotopic (exact) mass is 506 g/mol. The van der Waals surface area contributed by atoms with Gasteiger partial charge in [0, 0.05) is 9.13 Å². The third-order valence-electron chi connectivity index (χ3n) is 3.76. The standard InChI is InChI=1S/C21H16BrIO2/c22-20(21(24)16-9-11-18(23)12-10-16)17-7-4-8-19(13-17)25-14-15-5-2-1-3-6-15/h1-13,20H,14H2. The zero-order chi connectivity index (χ0) is 17.6. The Labute approximate surface area is 169 Å². The van der Waals surface area contributed by atoms with Crippen LogP contribution < -0.4 is 4.74 Å². The van der Waals surface area contributed by atoms with E-state index < -0.39 is 4.83 Å². The zero-order valence-corrected chi connectivity index (χ0v) is 17.1. The van der Waals surface area contributed by atoms with E-state index in [9.17, 15) is 4.79 Å². The largest absolute Gasteiger partial charge is 0.489 e. The van der Waals surface area contributed by atoms with Crippen molar-refractivity contribution in [2.24, 2.45) is 0 Å². The van der Waals surface area contributed by atoms with Gasteiger partial charge in [-0.15, -0.1) is 0 Å². The van der Waals surface area contributed by atoms with Crippen LogP contribution in [0.2, 0.25) is 0 Å². The van der Waals surface area contributed by atoms with Crippen molar-refractivity contribution in [2.45, 2.75) is 11.4 Å². The zero-order valence-electron chi connectivity index (χ0n) is 13.4. The molecule has 25 heavy (non-hydrogen) atoms. The Morgan fingerprint density at radius 3 is 2.40 bits per heavy atom. The number of hydrogen-bond acceptors (Lipinski definition) is 2. The number of rotatable bonds is 6. The van der Waals surface area contributed by atoms with Crippen molar-refractivity contribution >= 4 is 44.3 Å². The highest BCUT2D eigenvalue weighted by Gasteiger charge is 2.19. The average molecular weight is 507 g/mol. The molecule has 0 aliphatic heterocycles. The molecule has 1 atom stereocenters. The van der Waals surface area contributed by atoms with Crippen molar-refractivity contribution in [3.63, 3.8) is 0 Å². The topological polar surface area (TPSA) is 26.3 Å². The van der Waals surface area contributed by atoms with Crippen LogP contribution in [0.4, 0.5) is 0 Å². The van der Waals surface area contributed by atoms with E-state index >= 15 is 0 Å². The van der Waals surface area contributed by atoms with Gasteiger partial charge in [0.25, 0.3) is 0 Å². The molecule has 1 unspecified atom stereocenters. The normalized spacial score (nSPS) is 11.8. The van der Waals surface area contributed by atoms with Crippen LogP contribution in [-0.2, 0) is 6.61 Å². The van der Waals surface area contributed by atoms with Crippen LogP contribution in [0.1, 0.15) is 26.3 Å². The minimum atomic E-state index is -0.396. The predicted octanol–water partition coefficient (Wildman–Crippen LogP) is 6.19. The maximum absolute atomic E-state index is 12.7. The SMILES string of the molecule is O=C(c1ccc(I)cc1)C(Br)c1cccc(OCc2ccccc2)c1. The fraction of sp³-hybridized carbons (Fsp3) is 0.0952. The van der Waals surface area contributed by atoms with Crippen LogP contribution in [0.5, 0.6) is 5.75 Å². The number of hydrogen-bond donors (Lipinski definition) is 0. The molecular weight excluding hydrogens is 491 g/mol. The number of carbonyl (C=O) groups is 1. The molecular formula is C21H16BrIO2. The molecule has 0 radical (unpaired) electrons. The van der Waals surface area contributed by atoms with Gasteiger partial charge >= 0.3 is 0 Å². The minimum absolute atomic E-state index is 0.0385. The molecule has 0 N–H and O–H groups in total. The van der Waals surface area contributed by atoms with Gasteiger partial charge in [-0.3, -0.25) is 4.79 Å². The summed E-state index contributed by atoms with van der Waals surface area (Å²) in [5.41, 5.74) is 2.69. The Hall–Kier alpha value is -1.66. The van der Waals surface area contributed by atoms with Crippen LogP contribution >= 0.6 is 38.5 Å². The lowest BCUT2D eigenvalue weighted by atomic mass is 10.0. The molecule has 2 nitrogen and oxygen atoms in total. The summed E-state index contributed by atoms with van der Waals surface area (Å²) in [7, 11) is 0. The quantitative estimate of drug-likeness (QED) is 0.226. The van der Waals surface area contributed by atoms with Crippen LogP contribution in [-0.4, -0.2) is 5.78 Å². The molecule has 0 amide bonds. The highest BCUT2D eigenvalue weighted by atomic mass is 127. The van der Waals surface area contributed by atoms with Crippen molar-refractivity contribution < 1.29 is 9.53 Å². The maximum Gasteiger partial charge on any atom is 0.180 e. The number of carbonyl (C=O) groups excluding carboxylic acids is 1. The van der Waals surface area contributed by atoms with Gasteiger partial charge in [-0.25, -0.2) is 0 Å². The third-order valence-corrected chi connectivity index (χ3v) is 5.42. The lowest BCUT2D eigenvalue weighted by Gasteiger charge is -2.12. The molecule has 3 aromatic rings. The lowest BCUT2D eigenvalue weighted by molar-refractivity contribution is 0.0991. The summed E-state index contributed by atoms with van der Waals surface area (Å²) >= 11 is 5.76. The van der Waals surface area contributed by atoms with Gasteiger partial charge in [0.05, 0.1) is 0 Å². The second-order valence-corrected chi connectivity index (χ2v) is 7.74. The molecule has 0 spiro atoms. The molecule has 0 aliphatic carbocycles. The van der Waals surface area contributed by atoms with E-state index in [1.165, 1.54) is 0 Å². The van der Waals surface area contributed by atoms with Gasteiger partial charge in [-0.05, 0) is 58.0 Å². The Kier molecular flexibility index (Phi) is 6.26. The van der Waals surface area contributed by atoms with Gasteiger partial charge in [0.15, 0.2) is 5.78 Å². The lowest BCUT2D eigenvalue weighted by Crippen LogP contribution is -2.07. The molecule has 0 aromatic heterocycles. The first-order valence-corrected chi connectivity index (χ1v) is 9.83. The maximum atomic E-state index is 12.7. The van der Waals surface area contributed by atoms with Gasteiger partial charge in [-0.2, -0.15) is 0 Å². The Bertz CT molecular complexity index is 847. The van der Waals surface area contributed by atoms with E-state index in [1.807, 2.05) is 78.9 Å². The van der Waals surface area contributed by atoms with Crippen molar-refractivity contribution in [2.75, 3.05) is 0 Å². The van der Waals surface area contributed by atoms with Crippen molar-refractivity contribution in [3.05, 3.63) is 99.1 Å². The second-order valence-electron chi connectivity index (χ2n) is 5.58. The summed E-state index contributed by atoms with van der Waals surface area (Å²) in [6, 6.07) is 25.2. The van der Waals surface area contributed by atoms with Crippen LogP contribution in [0.15, 0.2) is 78.9 Å². The summed E-state index contributed by atoms with van der Waals surface area (Å²) in [5, 5.41) is 0. The second kappa shape index (κ2) is 8.63. The number of halogens is 2. The first-order chi connectivity index (χ1) is 12.1. The molecule has 3 aromatic carbocycles. The van der Waals surface area contributed by atoms with E-state index in [0.29, 0.717) is 12.2 Å². The number of benzene rings is 3. The first-order valence-electron chi connectivity index (χ1n) is 7.84. The van der Waals surface area contributed by atoms with Gasteiger partial charge in [0.1, 0.15) is 17.2 Å². The van der Waals surface area contributed by atoms with Gasteiger partial charge < -0.3 is 4.74 Å². The Balaban J connectivity index is 1.71. The van der Waals surface area contributed by atoms with Gasteiger partial charge in [0.2, 0.25) is 0 Å². The Morgan fingerprint density at radius 2 is 1.68 bits per heavy atom. The van der Waals surface area contributed by atoms with E-state index in [1.54, 1.807) is 0 Å². The summed E-state index contributed by atoms with van der Waals surface area (Å²) in [6.45, 7) is 0.502. The minimum Gasteiger partial charge on any atom is -0.489 e. The van der Waals surface area contributed by atoms with E-state index in [-0.39, 0.29) is 5.78 Å². The smallest absolute Gasteiger partial charge is 0.180 e. The number of ether oxygens (including phenoxy) is 1. The van der Waals surface area contributed by atoms with Crippen molar-refractivity contribution in [3.8, 4) is 5.75 Å². The molecule has 0 fully saturated rings. The fourth-order valence-electron chi connectivity index (χ4n) is 2.41. The molecule has 0 saturated heterocycles. The van der Waals surface area contributed by atoms with Crippen LogP contribution in [0, 0.1) is 3.57 Å². The molecule has 0 bridgehead atoms. The van der Waals surface area contributed by atoms with Gasteiger partial charge in [-0.1, -0.05) is 70.5 Å².